The van der Waals surface area contributed by atoms with Gasteiger partial charge in [-0.05, 0) is 37.6 Å². The van der Waals surface area contributed by atoms with Gasteiger partial charge in [0.05, 0.1) is 0 Å². The van der Waals surface area contributed by atoms with Gasteiger partial charge in [-0.3, -0.25) is 4.79 Å². The lowest BCUT2D eigenvalue weighted by molar-refractivity contribution is -0.120. The first-order valence-electron chi connectivity index (χ1n) is 7.12. The molecule has 1 aliphatic rings. The van der Waals surface area contributed by atoms with Crippen molar-refractivity contribution >= 4 is 5.78 Å². The van der Waals surface area contributed by atoms with Crippen LogP contribution in [0.4, 0.5) is 0 Å². The minimum atomic E-state index is 0.0201. The number of benzene rings is 1. The summed E-state index contributed by atoms with van der Waals surface area (Å²) < 4.78 is 0. The minimum Gasteiger partial charge on any atom is -0.508 e. The van der Waals surface area contributed by atoms with Gasteiger partial charge in [0.25, 0.3) is 0 Å². The Balaban J connectivity index is 1.94. The number of ketones is 1. The summed E-state index contributed by atoms with van der Waals surface area (Å²) in [6.45, 7) is 0. The number of phenolic OH excluding ortho intramolecular Hbond substituents is 1. The van der Waals surface area contributed by atoms with Crippen molar-refractivity contribution in [2.45, 2.75) is 50.5 Å². The molecule has 1 fully saturated rings. The second kappa shape index (κ2) is 6.20. The third kappa shape index (κ3) is 3.80. The zero-order valence-corrected chi connectivity index (χ0v) is 11.6. The number of carbonyl (C=O) groups is 1. The van der Waals surface area contributed by atoms with Gasteiger partial charge in [0.1, 0.15) is 11.5 Å². The summed E-state index contributed by atoms with van der Waals surface area (Å²) in [6.07, 6.45) is 7.00. The largest absolute Gasteiger partial charge is 0.508 e. The summed E-state index contributed by atoms with van der Waals surface area (Å²) in [7, 11) is 1.97. The number of hydrogen-bond donors (Lipinski definition) is 2. The summed E-state index contributed by atoms with van der Waals surface area (Å²) in [6, 6.07) is 6.91. The van der Waals surface area contributed by atoms with Gasteiger partial charge in [-0.15, -0.1) is 0 Å². The van der Waals surface area contributed by atoms with Gasteiger partial charge < -0.3 is 10.4 Å². The fourth-order valence-electron chi connectivity index (χ4n) is 3.03. The third-order valence-electron chi connectivity index (χ3n) is 4.21. The van der Waals surface area contributed by atoms with Crippen molar-refractivity contribution < 1.29 is 9.90 Å². The molecule has 3 heteroatoms. The second-order valence-corrected chi connectivity index (χ2v) is 5.65. The Labute approximate surface area is 115 Å². The quantitative estimate of drug-likeness (QED) is 0.857. The van der Waals surface area contributed by atoms with Crippen LogP contribution < -0.4 is 5.32 Å². The SMILES string of the molecule is CNC1(CC(=O)Cc2ccc(O)cc2)CCCCC1. The number of Topliss-reactive ketones (excluding diaryl/α,β-unsaturated/α-hetero) is 1. The molecule has 0 bridgehead atoms. The van der Waals surface area contributed by atoms with Crippen LogP contribution >= 0.6 is 0 Å². The van der Waals surface area contributed by atoms with Crippen LogP contribution in [0.2, 0.25) is 0 Å². The van der Waals surface area contributed by atoms with E-state index in [1.54, 1.807) is 12.1 Å². The minimum absolute atomic E-state index is 0.0201. The van der Waals surface area contributed by atoms with Crippen LogP contribution in [0, 0.1) is 0 Å². The van der Waals surface area contributed by atoms with Crippen LogP contribution in [-0.4, -0.2) is 23.5 Å². The van der Waals surface area contributed by atoms with E-state index in [-0.39, 0.29) is 17.1 Å². The van der Waals surface area contributed by atoms with Crippen LogP contribution in [0.1, 0.15) is 44.1 Å². The normalized spacial score (nSPS) is 18.2. The van der Waals surface area contributed by atoms with Crippen LogP contribution in [-0.2, 0) is 11.2 Å². The molecular weight excluding hydrogens is 238 g/mol. The summed E-state index contributed by atoms with van der Waals surface area (Å²) in [4.78, 5) is 12.2. The van der Waals surface area contributed by atoms with Crippen molar-refractivity contribution in [1.82, 2.24) is 5.32 Å². The second-order valence-electron chi connectivity index (χ2n) is 5.65. The van der Waals surface area contributed by atoms with Crippen LogP contribution in [0.15, 0.2) is 24.3 Å². The molecule has 0 unspecified atom stereocenters. The number of hydrogen-bond acceptors (Lipinski definition) is 3. The van der Waals surface area contributed by atoms with Gasteiger partial charge in [0.15, 0.2) is 0 Å². The van der Waals surface area contributed by atoms with Crippen molar-refractivity contribution in [3.05, 3.63) is 29.8 Å². The Bertz CT molecular complexity index is 419. The van der Waals surface area contributed by atoms with Gasteiger partial charge in [-0.25, -0.2) is 0 Å². The highest BCUT2D eigenvalue weighted by Crippen LogP contribution is 2.31. The Kier molecular flexibility index (Phi) is 4.59. The van der Waals surface area contributed by atoms with E-state index in [1.807, 2.05) is 19.2 Å². The Morgan fingerprint density at radius 3 is 2.42 bits per heavy atom. The van der Waals surface area contributed by atoms with Crippen LogP contribution in [0.3, 0.4) is 0 Å². The van der Waals surface area contributed by atoms with Gasteiger partial charge >= 0.3 is 0 Å². The number of aromatic hydroxyl groups is 1. The van der Waals surface area contributed by atoms with Crippen molar-refractivity contribution in [1.29, 1.82) is 0 Å². The zero-order chi connectivity index (χ0) is 13.7. The molecule has 2 rings (SSSR count). The predicted octanol–water partition coefficient (Wildman–Crippen LogP) is 2.82. The molecule has 0 radical (unpaired) electrons. The van der Waals surface area contributed by atoms with Gasteiger partial charge in [0.2, 0.25) is 0 Å². The van der Waals surface area contributed by atoms with E-state index in [4.69, 9.17) is 0 Å². The topological polar surface area (TPSA) is 49.3 Å². The van der Waals surface area contributed by atoms with E-state index in [0.29, 0.717) is 12.8 Å². The van der Waals surface area contributed by atoms with E-state index in [9.17, 15) is 9.90 Å². The summed E-state index contributed by atoms with van der Waals surface area (Å²) in [5.41, 5.74) is 0.997. The molecule has 0 amide bonds. The smallest absolute Gasteiger partial charge is 0.139 e. The molecule has 0 aliphatic heterocycles. The molecule has 1 saturated carbocycles. The molecule has 0 spiro atoms. The first kappa shape index (κ1) is 14.1. The number of nitrogens with one attached hydrogen (secondary N) is 1. The molecule has 0 saturated heterocycles. The first-order chi connectivity index (χ1) is 9.13. The van der Waals surface area contributed by atoms with Crippen molar-refractivity contribution in [2.24, 2.45) is 0 Å². The average molecular weight is 261 g/mol. The third-order valence-corrected chi connectivity index (χ3v) is 4.21. The van der Waals surface area contributed by atoms with Crippen LogP contribution in [0.25, 0.3) is 0 Å². The zero-order valence-electron chi connectivity index (χ0n) is 11.6. The highest BCUT2D eigenvalue weighted by atomic mass is 16.3. The highest BCUT2D eigenvalue weighted by molar-refractivity contribution is 5.82. The van der Waals surface area contributed by atoms with Crippen molar-refractivity contribution in [2.75, 3.05) is 7.05 Å². The Hall–Kier alpha value is -1.35. The molecule has 104 valence electrons. The van der Waals surface area contributed by atoms with Crippen molar-refractivity contribution in [3.63, 3.8) is 0 Å². The Morgan fingerprint density at radius 1 is 1.21 bits per heavy atom. The summed E-state index contributed by atoms with van der Waals surface area (Å²) in [5, 5.41) is 12.6. The molecule has 0 atom stereocenters. The van der Waals surface area contributed by atoms with Gasteiger partial charge in [-0.2, -0.15) is 0 Å². The van der Waals surface area contributed by atoms with E-state index >= 15 is 0 Å². The predicted molar refractivity (Wildman–Crippen MR) is 76.3 cm³/mol. The number of carbonyl (C=O) groups excluding carboxylic acids is 1. The maximum absolute atomic E-state index is 12.2. The Morgan fingerprint density at radius 2 is 1.84 bits per heavy atom. The fourth-order valence-corrected chi connectivity index (χ4v) is 3.03. The number of rotatable bonds is 5. The molecule has 3 nitrogen and oxygen atoms in total. The summed E-state index contributed by atoms with van der Waals surface area (Å²) in [5.74, 6) is 0.525. The number of phenols is 1. The highest BCUT2D eigenvalue weighted by Gasteiger charge is 2.32. The molecule has 1 aliphatic carbocycles. The molecule has 0 heterocycles. The van der Waals surface area contributed by atoms with E-state index in [2.05, 4.69) is 5.32 Å². The maximum atomic E-state index is 12.2. The van der Waals surface area contributed by atoms with E-state index in [1.165, 1.54) is 19.3 Å². The average Bonchev–Trinajstić information content (AvgIpc) is 2.42. The first-order valence-corrected chi connectivity index (χ1v) is 7.12. The lowest BCUT2D eigenvalue weighted by Crippen LogP contribution is -2.46. The van der Waals surface area contributed by atoms with E-state index < -0.39 is 0 Å². The fraction of sp³-hybridized carbons (Fsp3) is 0.562. The lowest BCUT2D eigenvalue weighted by Gasteiger charge is -2.36. The lowest BCUT2D eigenvalue weighted by atomic mass is 9.78. The van der Waals surface area contributed by atoms with Crippen molar-refractivity contribution in [3.8, 4) is 5.75 Å². The molecule has 19 heavy (non-hydrogen) atoms. The van der Waals surface area contributed by atoms with Gasteiger partial charge in [-0.1, -0.05) is 31.4 Å². The summed E-state index contributed by atoms with van der Waals surface area (Å²) >= 11 is 0. The monoisotopic (exact) mass is 261 g/mol. The molecule has 1 aromatic carbocycles. The molecular formula is C16H23NO2. The van der Waals surface area contributed by atoms with Gasteiger partial charge in [0, 0.05) is 18.4 Å². The van der Waals surface area contributed by atoms with Crippen LogP contribution in [0.5, 0.6) is 5.75 Å². The molecule has 0 aromatic heterocycles. The standard InChI is InChI=1S/C16H23NO2/c1-17-16(9-3-2-4-10-16)12-15(19)11-13-5-7-14(18)8-6-13/h5-8,17-18H,2-4,9-12H2,1H3. The molecule has 1 aromatic rings. The van der Waals surface area contributed by atoms with E-state index in [0.717, 1.165) is 18.4 Å². The maximum Gasteiger partial charge on any atom is 0.139 e. The molecule has 2 N–H and O–H groups in total.